The highest BCUT2D eigenvalue weighted by Crippen LogP contribution is 2.13. The number of nitrogens with zero attached hydrogens (tertiary/aromatic N) is 2. The molecule has 1 heterocycles. The Morgan fingerprint density at radius 3 is 2.71 bits per heavy atom. The molecule has 1 unspecified atom stereocenters. The Kier molecular flexibility index (Phi) is 4.28. The molecule has 0 N–H and O–H groups in total. The van der Waals surface area contributed by atoms with Crippen LogP contribution in [0.15, 0.2) is 12.4 Å². The van der Waals surface area contributed by atoms with E-state index in [2.05, 4.69) is 9.84 Å². The van der Waals surface area contributed by atoms with Crippen molar-refractivity contribution in [1.29, 1.82) is 0 Å². The second-order valence-corrected chi connectivity index (χ2v) is 6.34. The fraction of sp³-hybridized carbons (Fsp3) is 0.600. The second-order valence-electron chi connectivity index (χ2n) is 3.92. The van der Waals surface area contributed by atoms with Crippen molar-refractivity contribution in [2.24, 2.45) is 7.05 Å². The Balaban J connectivity index is 2.71. The molecular formula is C10H16N2O4S. The molecule has 1 aromatic rings. The first-order valence-electron chi connectivity index (χ1n) is 5.11. The van der Waals surface area contributed by atoms with Crippen LogP contribution >= 0.6 is 0 Å². The number of hydrogen-bond acceptors (Lipinski definition) is 5. The lowest BCUT2D eigenvalue weighted by molar-refractivity contribution is -0.140. The van der Waals surface area contributed by atoms with E-state index in [-0.39, 0.29) is 12.2 Å². The summed E-state index contributed by atoms with van der Waals surface area (Å²) in [6, 6.07) is 0. The third-order valence-corrected chi connectivity index (χ3v) is 4.55. The van der Waals surface area contributed by atoms with Gasteiger partial charge in [-0.15, -0.1) is 0 Å². The van der Waals surface area contributed by atoms with Crippen molar-refractivity contribution in [1.82, 2.24) is 9.78 Å². The first-order valence-corrected chi connectivity index (χ1v) is 6.82. The van der Waals surface area contributed by atoms with Gasteiger partial charge in [-0.3, -0.25) is 9.48 Å². The highest BCUT2D eigenvalue weighted by atomic mass is 32.2. The molecular weight excluding hydrogens is 244 g/mol. The van der Waals surface area contributed by atoms with Gasteiger partial charge in [0.1, 0.15) is 0 Å². The number of ether oxygens (including phenoxy) is 1. The molecule has 0 radical (unpaired) electrons. The van der Waals surface area contributed by atoms with Crippen LogP contribution in [0.3, 0.4) is 0 Å². The SMILES string of the molecule is COC(=O)CC(C)S(=O)(=O)Cc1cnn(C)c1. The van der Waals surface area contributed by atoms with E-state index in [9.17, 15) is 13.2 Å². The molecule has 0 aliphatic heterocycles. The fourth-order valence-corrected chi connectivity index (χ4v) is 2.65. The smallest absolute Gasteiger partial charge is 0.306 e. The van der Waals surface area contributed by atoms with Crippen LogP contribution in [0.4, 0.5) is 0 Å². The van der Waals surface area contributed by atoms with E-state index in [0.29, 0.717) is 5.56 Å². The molecule has 6 nitrogen and oxygen atoms in total. The minimum atomic E-state index is -3.36. The van der Waals surface area contributed by atoms with Crippen LogP contribution in [-0.2, 0) is 32.2 Å². The lowest BCUT2D eigenvalue weighted by Gasteiger charge is -2.10. The molecule has 1 aromatic heterocycles. The first-order chi connectivity index (χ1) is 7.85. The molecule has 96 valence electrons. The van der Waals surface area contributed by atoms with Crippen LogP contribution in [0.5, 0.6) is 0 Å². The monoisotopic (exact) mass is 260 g/mol. The summed E-state index contributed by atoms with van der Waals surface area (Å²) in [5.41, 5.74) is 0.615. The van der Waals surface area contributed by atoms with E-state index in [1.54, 1.807) is 13.2 Å². The highest BCUT2D eigenvalue weighted by molar-refractivity contribution is 7.91. The molecule has 17 heavy (non-hydrogen) atoms. The molecule has 0 saturated carbocycles. The Hall–Kier alpha value is -1.37. The molecule has 7 heteroatoms. The van der Waals surface area contributed by atoms with Gasteiger partial charge in [0.15, 0.2) is 9.84 Å². The van der Waals surface area contributed by atoms with Gasteiger partial charge in [0.05, 0.1) is 30.7 Å². The predicted molar refractivity (Wildman–Crippen MR) is 61.9 cm³/mol. The van der Waals surface area contributed by atoms with Crippen molar-refractivity contribution >= 4 is 15.8 Å². The average Bonchev–Trinajstić information content (AvgIpc) is 2.62. The van der Waals surface area contributed by atoms with Gasteiger partial charge in [-0.2, -0.15) is 5.10 Å². The van der Waals surface area contributed by atoms with Crippen LogP contribution < -0.4 is 0 Å². The zero-order chi connectivity index (χ0) is 13.1. The minimum Gasteiger partial charge on any atom is -0.469 e. The summed E-state index contributed by atoms with van der Waals surface area (Å²) in [5, 5.41) is 3.14. The van der Waals surface area contributed by atoms with Gasteiger partial charge in [-0.1, -0.05) is 0 Å². The number of esters is 1. The number of hydrogen-bond donors (Lipinski definition) is 0. The van der Waals surface area contributed by atoms with Gasteiger partial charge in [0.2, 0.25) is 0 Å². The Morgan fingerprint density at radius 2 is 2.24 bits per heavy atom. The van der Waals surface area contributed by atoms with E-state index in [4.69, 9.17) is 0 Å². The normalized spacial score (nSPS) is 13.4. The molecule has 1 atom stereocenters. The predicted octanol–water partition coefficient (Wildman–Crippen LogP) is 0.286. The molecule has 0 aromatic carbocycles. The maximum absolute atomic E-state index is 11.9. The molecule has 1 rings (SSSR count). The number of sulfone groups is 1. The van der Waals surface area contributed by atoms with Crippen molar-refractivity contribution in [3.05, 3.63) is 18.0 Å². The third kappa shape index (κ3) is 3.85. The number of methoxy groups -OCH3 is 1. The zero-order valence-electron chi connectivity index (χ0n) is 10.1. The van der Waals surface area contributed by atoms with Crippen LogP contribution in [0.25, 0.3) is 0 Å². The molecule has 0 spiro atoms. The Morgan fingerprint density at radius 1 is 1.59 bits per heavy atom. The molecule has 0 aliphatic carbocycles. The topological polar surface area (TPSA) is 78.3 Å². The second kappa shape index (κ2) is 5.31. The molecule has 0 amide bonds. The molecule has 0 bridgehead atoms. The van der Waals surface area contributed by atoms with Crippen molar-refractivity contribution in [2.75, 3.05) is 7.11 Å². The number of aryl methyl sites for hydroxylation is 1. The van der Waals surface area contributed by atoms with Crippen LogP contribution in [-0.4, -0.2) is 36.5 Å². The molecule has 0 fully saturated rings. The number of rotatable bonds is 5. The summed E-state index contributed by atoms with van der Waals surface area (Å²) in [7, 11) is -0.404. The summed E-state index contributed by atoms with van der Waals surface area (Å²) >= 11 is 0. The van der Waals surface area contributed by atoms with Crippen molar-refractivity contribution in [2.45, 2.75) is 24.3 Å². The summed E-state index contributed by atoms with van der Waals surface area (Å²) in [5.74, 6) is -0.633. The standard InChI is InChI=1S/C10H16N2O4S/c1-8(4-10(13)16-3)17(14,15)7-9-5-11-12(2)6-9/h5-6,8H,4,7H2,1-3H3. The summed E-state index contributed by atoms with van der Waals surface area (Å²) in [4.78, 5) is 11.0. The zero-order valence-corrected chi connectivity index (χ0v) is 10.9. The highest BCUT2D eigenvalue weighted by Gasteiger charge is 2.24. The summed E-state index contributed by atoms with van der Waals surface area (Å²) < 4.78 is 29.8. The fourth-order valence-electron chi connectivity index (χ4n) is 1.37. The lowest BCUT2D eigenvalue weighted by atomic mass is 10.3. The summed E-state index contributed by atoms with van der Waals surface area (Å²) in [6.45, 7) is 1.50. The van der Waals surface area contributed by atoms with Crippen molar-refractivity contribution in [3.8, 4) is 0 Å². The molecule has 0 aliphatic rings. The van der Waals surface area contributed by atoms with E-state index in [1.807, 2.05) is 0 Å². The van der Waals surface area contributed by atoms with E-state index < -0.39 is 21.1 Å². The Bertz CT molecular complexity index is 492. The van der Waals surface area contributed by atoms with Gasteiger partial charge in [-0.05, 0) is 6.92 Å². The van der Waals surface area contributed by atoms with Gasteiger partial charge in [0.25, 0.3) is 0 Å². The number of carbonyl (C=O) groups excluding carboxylic acids is 1. The number of carbonyl (C=O) groups is 1. The van der Waals surface area contributed by atoms with Crippen molar-refractivity contribution in [3.63, 3.8) is 0 Å². The minimum absolute atomic E-state index is 0.112. The van der Waals surface area contributed by atoms with Gasteiger partial charge >= 0.3 is 5.97 Å². The quantitative estimate of drug-likeness (QED) is 0.711. The van der Waals surface area contributed by atoms with Gasteiger partial charge in [-0.25, -0.2) is 8.42 Å². The van der Waals surface area contributed by atoms with E-state index in [0.717, 1.165) is 0 Å². The largest absolute Gasteiger partial charge is 0.469 e. The van der Waals surface area contributed by atoms with E-state index in [1.165, 1.54) is 24.9 Å². The molecule has 0 saturated heterocycles. The maximum atomic E-state index is 11.9. The number of aromatic nitrogens is 2. The summed E-state index contributed by atoms with van der Waals surface area (Å²) in [6.07, 6.45) is 3.02. The van der Waals surface area contributed by atoms with E-state index >= 15 is 0 Å². The van der Waals surface area contributed by atoms with Gasteiger partial charge in [0, 0.05) is 18.8 Å². The van der Waals surface area contributed by atoms with Crippen LogP contribution in [0.1, 0.15) is 18.9 Å². The average molecular weight is 260 g/mol. The third-order valence-electron chi connectivity index (χ3n) is 2.42. The Labute approximate surface area is 100 Å². The van der Waals surface area contributed by atoms with Crippen LogP contribution in [0.2, 0.25) is 0 Å². The van der Waals surface area contributed by atoms with Gasteiger partial charge < -0.3 is 4.74 Å². The van der Waals surface area contributed by atoms with Crippen LogP contribution in [0, 0.1) is 0 Å². The maximum Gasteiger partial charge on any atom is 0.306 e. The lowest BCUT2D eigenvalue weighted by Crippen LogP contribution is -2.23. The first kappa shape index (κ1) is 13.7. The van der Waals surface area contributed by atoms with Crippen molar-refractivity contribution < 1.29 is 17.9 Å².